The molecule has 0 aliphatic heterocycles. The summed E-state index contributed by atoms with van der Waals surface area (Å²) < 4.78 is 16.1. The van der Waals surface area contributed by atoms with Crippen molar-refractivity contribution in [1.29, 1.82) is 0 Å². The largest absolute Gasteiger partial charge is 0.493 e. The Morgan fingerprint density at radius 1 is 1.10 bits per heavy atom. The number of rotatable bonds is 8. The molecule has 0 atom stereocenters. The monoisotopic (exact) mass is 291 g/mol. The minimum absolute atomic E-state index is 0.487. The summed E-state index contributed by atoms with van der Waals surface area (Å²) in [5, 5.41) is 11.4. The summed E-state index contributed by atoms with van der Waals surface area (Å²) >= 11 is 0. The minimum Gasteiger partial charge on any atom is -0.493 e. The Hall–Kier alpha value is -2.08. The molecular formula is C15H21N3O3. The van der Waals surface area contributed by atoms with Crippen LogP contribution in [0.25, 0.3) is 11.5 Å². The Bertz CT molecular complexity index is 569. The molecule has 0 unspecified atom stereocenters. The van der Waals surface area contributed by atoms with E-state index in [-0.39, 0.29) is 0 Å². The van der Waals surface area contributed by atoms with E-state index in [1.54, 1.807) is 14.2 Å². The smallest absolute Gasteiger partial charge is 0.247 e. The second-order valence-corrected chi connectivity index (χ2v) is 4.57. The third-order valence-electron chi connectivity index (χ3n) is 3.04. The molecule has 21 heavy (non-hydrogen) atoms. The van der Waals surface area contributed by atoms with Crippen molar-refractivity contribution in [2.75, 3.05) is 27.3 Å². The van der Waals surface area contributed by atoms with Crippen LogP contribution in [0.2, 0.25) is 0 Å². The Morgan fingerprint density at radius 3 is 2.62 bits per heavy atom. The Kier molecular flexibility index (Phi) is 5.57. The van der Waals surface area contributed by atoms with Crippen molar-refractivity contribution in [3.63, 3.8) is 0 Å². The van der Waals surface area contributed by atoms with E-state index in [4.69, 9.17) is 13.9 Å². The Morgan fingerprint density at radius 2 is 1.90 bits per heavy atom. The van der Waals surface area contributed by atoms with Gasteiger partial charge in [-0.3, -0.25) is 0 Å². The molecule has 0 spiro atoms. The summed E-state index contributed by atoms with van der Waals surface area (Å²) in [5.74, 6) is 2.42. The second-order valence-electron chi connectivity index (χ2n) is 4.57. The summed E-state index contributed by atoms with van der Waals surface area (Å²) in [6, 6.07) is 5.51. The molecule has 0 bridgehead atoms. The summed E-state index contributed by atoms with van der Waals surface area (Å²) in [6.45, 7) is 3.97. The van der Waals surface area contributed by atoms with Crippen LogP contribution in [0.3, 0.4) is 0 Å². The number of aromatic nitrogens is 2. The van der Waals surface area contributed by atoms with Crippen molar-refractivity contribution in [3.05, 3.63) is 24.1 Å². The highest BCUT2D eigenvalue weighted by molar-refractivity contribution is 5.59. The molecule has 2 aromatic rings. The number of hydrogen-bond donors (Lipinski definition) is 1. The molecule has 0 fully saturated rings. The van der Waals surface area contributed by atoms with Gasteiger partial charge in [0.05, 0.1) is 14.2 Å². The first kappa shape index (κ1) is 15.3. The van der Waals surface area contributed by atoms with Crippen molar-refractivity contribution in [2.45, 2.75) is 19.8 Å². The molecule has 114 valence electrons. The molecular weight excluding hydrogens is 270 g/mol. The molecule has 0 amide bonds. The molecule has 2 rings (SSSR count). The first-order chi connectivity index (χ1) is 10.3. The molecule has 1 heterocycles. The quantitative estimate of drug-likeness (QED) is 0.753. The van der Waals surface area contributed by atoms with Gasteiger partial charge in [-0.1, -0.05) is 6.92 Å². The lowest BCUT2D eigenvalue weighted by Gasteiger charge is -2.07. The average Bonchev–Trinajstić information content (AvgIpc) is 2.99. The molecule has 0 aliphatic carbocycles. The molecule has 0 radical (unpaired) electrons. The van der Waals surface area contributed by atoms with Crippen LogP contribution in [0.4, 0.5) is 0 Å². The zero-order chi connectivity index (χ0) is 15.1. The fourth-order valence-corrected chi connectivity index (χ4v) is 1.94. The summed E-state index contributed by atoms with van der Waals surface area (Å²) in [6.07, 6.45) is 1.83. The average molecular weight is 291 g/mol. The number of benzene rings is 1. The Labute approximate surface area is 124 Å². The van der Waals surface area contributed by atoms with E-state index in [1.807, 2.05) is 18.2 Å². The number of nitrogens with zero attached hydrogens (tertiary/aromatic N) is 2. The van der Waals surface area contributed by atoms with Crippen LogP contribution in [-0.4, -0.2) is 37.5 Å². The fourth-order valence-electron chi connectivity index (χ4n) is 1.94. The SMILES string of the molecule is CCCNCCc1nnc(-c2ccc(OC)c(OC)c2)o1. The fraction of sp³-hybridized carbons (Fsp3) is 0.467. The van der Waals surface area contributed by atoms with Crippen molar-refractivity contribution < 1.29 is 13.9 Å². The van der Waals surface area contributed by atoms with E-state index in [0.29, 0.717) is 23.3 Å². The Balaban J connectivity index is 2.06. The van der Waals surface area contributed by atoms with Gasteiger partial charge in [-0.2, -0.15) is 0 Å². The molecule has 0 aliphatic rings. The third-order valence-corrected chi connectivity index (χ3v) is 3.04. The van der Waals surface area contributed by atoms with Gasteiger partial charge in [0.1, 0.15) is 0 Å². The maximum absolute atomic E-state index is 5.66. The molecule has 1 N–H and O–H groups in total. The molecule has 0 saturated heterocycles. The van der Waals surface area contributed by atoms with Gasteiger partial charge >= 0.3 is 0 Å². The number of hydrogen-bond acceptors (Lipinski definition) is 6. The second kappa shape index (κ2) is 7.64. The zero-order valence-corrected chi connectivity index (χ0v) is 12.7. The lowest BCUT2D eigenvalue weighted by molar-refractivity contribution is 0.355. The van der Waals surface area contributed by atoms with Crippen LogP contribution in [0.5, 0.6) is 11.5 Å². The lowest BCUT2D eigenvalue weighted by Crippen LogP contribution is -2.17. The summed E-state index contributed by atoms with van der Waals surface area (Å²) in [7, 11) is 3.20. The minimum atomic E-state index is 0.487. The van der Waals surface area contributed by atoms with Gasteiger partial charge in [-0.05, 0) is 31.2 Å². The normalized spacial score (nSPS) is 10.6. The highest BCUT2D eigenvalue weighted by Gasteiger charge is 2.11. The van der Waals surface area contributed by atoms with Gasteiger partial charge in [-0.15, -0.1) is 10.2 Å². The summed E-state index contributed by atoms with van der Waals surface area (Å²) in [5.41, 5.74) is 0.813. The van der Waals surface area contributed by atoms with Crippen LogP contribution in [-0.2, 0) is 6.42 Å². The van der Waals surface area contributed by atoms with E-state index in [0.717, 1.165) is 31.5 Å². The predicted molar refractivity (Wildman–Crippen MR) is 79.7 cm³/mol. The predicted octanol–water partition coefficient (Wildman–Crippen LogP) is 2.30. The van der Waals surface area contributed by atoms with E-state index in [1.165, 1.54) is 0 Å². The van der Waals surface area contributed by atoms with Crippen LogP contribution >= 0.6 is 0 Å². The first-order valence-electron chi connectivity index (χ1n) is 7.04. The highest BCUT2D eigenvalue weighted by Crippen LogP contribution is 2.31. The van der Waals surface area contributed by atoms with Crippen LogP contribution in [0.1, 0.15) is 19.2 Å². The van der Waals surface area contributed by atoms with Gasteiger partial charge in [0.2, 0.25) is 11.8 Å². The van der Waals surface area contributed by atoms with E-state index >= 15 is 0 Å². The lowest BCUT2D eigenvalue weighted by atomic mass is 10.2. The topological polar surface area (TPSA) is 69.4 Å². The van der Waals surface area contributed by atoms with Crippen LogP contribution in [0.15, 0.2) is 22.6 Å². The van der Waals surface area contributed by atoms with E-state index < -0.39 is 0 Å². The van der Waals surface area contributed by atoms with Gasteiger partial charge in [0, 0.05) is 18.5 Å². The van der Waals surface area contributed by atoms with Crippen LogP contribution < -0.4 is 14.8 Å². The third kappa shape index (κ3) is 3.95. The zero-order valence-electron chi connectivity index (χ0n) is 12.7. The van der Waals surface area contributed by atoms with E-state index in [2.05, 4.69) is 22.4 Å². The maximum atomic E-state index is 5.66. The molecule has 6 heteroatoms. The van der Waals surface area contributed by atoms with Crippen molar-refractivity contribution in [1.82, 2.24) is 15.5 Å². The van der Waals surface area contributed by atoms with Gasteiger partial charge in [0.25, 0.3) is 0 Å². The molecule has 0 saturated carbocycles. The standard InChI is InChI=1S/C15H21N3O3/c1-4-8-16-9-7-14-17-18-15(21-14)11-5-6-12(19-2)13(10-11)20-3/h5-6,10,16H,4,7-9H2,1-3H3. The van der Waals surface area contributed by atoms with Crippen LogP contribution in [0, 0.1) is 0 Å². The van der Waals surface area contributed by atoms with Crippen molar-refractivity contribution in [2.24, 2.45) is 0 Å². The van der Waals surface area contributed by atoms with Gasteiger partial charge in [-0.25, -0.2) is 0 Å². The van der Waals surface area contributed by atoms with Crippen molar-refractivity contribution in [3.8, 4) is 23.0 Å². The highest BCUT2D eigenvalue weighted by atomic mass is 16.5. The van der Waals surface area contributed by atoms with Gasteiger partial charge in [0.15, 0.2) is 11.5 Å². The maximum Gasteiger partial charge on any atom is 0.247 e. The molecule has 6 nitrogen and oxygen atoms in total. The van der Waals surface area contributed by atoms with Gasteiger partial charge < -0.3 is 19.2 Å². The number of nitrogens with one attached hydrogen (secondary N) is 1. The molecule has 1 aromatic carbocycles. The molecule has 1 aromatic heterocycles. The number of methoxy groups -OCH3 is 2. The number of ether oxygens (including phenoxy) is 2. The van der Waals surface area contributed by atoms with E-state index in [9.17, 15) is 0 Å². The van der Waals surface area contributed by atoms with Crippen molar-refractivity contribution >= 4 is 0 Å². The summed E-state index contributed by atoms with van der Waals surface area (Å²) in [4.78, 5) is 0. The first-order valence-corrected chi connectivity index (χ1v) is 7.04.